The first-order valence-corrected chi connectivity index (χ1v) is 5.32. The van der Waals surface area contributed by atoms with Gasteiger partial charge in [-0.15, -0.1) is 10.2 Å². The van der Waals surface area contributed by atoms with Crippen LogP contribution in [0.4, 0.5) is 5.69 Å². The summed E-state index contributed by atoms with van der Waals surface area (Å²) < 4.78 is 5.29. The summed E-state index contributed by atoms with van der Waals surface area (Å²) in [7, 11) is 1.60. The third-order valence-corrected chi connectivity index (χ3v) is 2.60. The van der Waals surface area contributed by atoms with Crippen LogP contribution in [0, 0.1) is 13.8 Å². The maximum absolute atomic E-state index is 11.8. The van der Waals surface area contributed by atoms with Crippen molar-refractivity contribution in [2.75, 3.05) is 12.4 Å². The molecule has 0 atom stereocenters. The molecule has 1 aromatic carbocycles. The van der Waals surface area contributed by atoms with Crippen molar-refractivity contribution >= 4 is 11.6 Å². The van der Waals surface area contributed by atoms with E-state index in [9.17, 15) is 4.79 Å². The molecule has 7 heteroatoms. The molecular weight excluding hydrogens is 234 g/mol. The first-order chi connectivity index (χ1) is 8.63. The Morgan fingerprint density at radius 1 is 1.39 bits per heavy atom. The van der Waals surface area contributed by atoms with Gasteiger partial charge < -0.3 is 10.1 Å². The van der Waals surface area contributed by atoms with Crippen molar-refractivity contribution in [1.82, 2.24) is 20.6 Å². The number of carbonyl (C=O) groups is 1. The lowest BCUT2D eigenvalue weighted by molar-refractivity contribution is 0.101. The van der Waals surface area contributed by atoms with Crippen LogP contribution < -0.4 is 10.1 Å². The maximum Gasteiger partial charge on any atom is 0.297 e. The number of benzene rings is 1. The predicted octanol–water partition coefficient (Wildman–Crippen LogP) is 1.08. The summed E-state index contributed by atoms with van der Waals surface area (Å²) in [6.07, 6.45) is 0. The number of rotatable bonds is 3. The molecule has 0 saturated carbocycles. The van der Waals surface area contributed by atoms with Crippen LogP contribution in [0.5, 0.6) is 5.75 Å². The number of hydrogen-bond donors (Lipinski definition) is 2. The minimum atomic E-state index is -0.419. The van der Waals surface area contributed by atoms with Crippen LogP contribution in [-0.4, -0.2) is 33.6 Å². The third kappa shape index (κ3) is 2.15. The molecule has 1 heterocycles. The zero-order valence-electron chi connectivity index (χ0n) is 10.3. The van der Waals surface area contributed by atoms with Gasteiger partial charge in [-0.25, -0.2) is 0 Å². The van der Waals surface area contributed by atoms with Crippen LogP contribution in [0.1, 0.15) is 21.7 Å². The van der Waals surface area contributed by atoms with Gasteiger partial charge in [0.2, 0.25) is 0 Å². The molecule has 2 aromatic rings. The molecule has 1 amide bonds. The Balaban J connectivity index is 2.27. The fourth-order valence-electron chi connectivity index (χ4n) is 1.71. The molecule has 0 unspecified atom stereocenters. The van der Waals surface area contributed by atoms with E-state index in [1.165, 1.54) is 0 Å². The van der Waals surface area contributed by atoms with Gasteiger partial charge in [-0.05, 0) is 30.7 Å². The summed E-state index contributed by atoms with van der Waals surface area (Å²) in [5, 5.41) is 15.5. The van der Waals surface area contributed by atoms with Crippen molar-refractivity contribution in [2.45, 2.75) is 13.8 Å². The van der Waals surface area contributed by atoms with Crippen LogP contribution in [-0.2, 0) is 0 Å². The minimum absolute atomic E-state index is 0.00561. The van der Waals surface area contributed by atoms with Crippen LogP contribution >= 0.6 is 0 Å². The number of ether oxygens (including phenoxy) is 1. The number of aromatic nitrogens is 4. The molecule has 0 radical (unpaired) electrons. The second kappa shape index (κ2) is 4.82. The number of nitrogens with zero attached hydrogens (tertiary/aromatic N) is 3. The molecule has 7 nitrogen and oxygen atoms in total. The molecule has 2 rings (SSSR count). The summed E-state index contributed by atoms with van der Waals surface area (Å²) in [6, 6.07) is 3.68. The Bertz CT molecular complexity index is 565. The van der Waals surface area contributed by atoms with Crippen molar-refractivity contribution in [1.29, 1.82) is 0 Å². The molecule has 1 aromatic heterocycles. The van der Waals surface area contributed by atoms with Crippen LogP contribution in [0.2, 0.25) is 0 Å². The summed E-state index contributed by atoms with van der Waals surface area (Å²) in [5.74, 6) is 0.326. The molecule has 2 N–H and O–H groups in total. The van der Waals surface area contributed by atoms with Crippen molar-refractivity contribution in [2.24, 2.45) is 0 Å². The van der Waals surface area contributed by atoms with E-state index in [4.69, 9.17) is 4.74 Å². The highest BCUT2D eigenvalue weighted by Gasteiger charge is 2.14. The number of methoxy groups -OCH3 is 1. The Kier molecular flexibility index (Phi) is 3.22. The van der Waals surface area contributed by atoms with Gasteiger partial charge >= 0.3 is 0 Å². The van der Waals surface area contributed by atoms with E-state index in [0.717, 1.165) is 16.9 Å². The Labute approximate surface area is 104 Å². The minimum Gasteiger partial charge on any atom is -0.496 e. The standard InChI is InChI=1S/C11H13N5O2/c1-6-4-5-8(7(2)9(6)18-3)12-11(17)10-13-15-16-14-10/h4-5H,1-3H3,(H,12,17)(H,13,14,15,16). The van der Waals surface area contributed by atoms with Crippen molar-refractivity contribution in [3.8, 4) is 5.75 Å². The predicted molar refractivity (Wildman–Crippen MR) is 64.6 cm³/mol. The Hall–Kier alpha value is -2.44. The fourth-order valence-corrected chi connectivity index (χ4v) is 1.71. The summed E-state index contributed by atoms with van der Waals surface area (Å²) >= 11 is 0. The molecular formula is C11H13N5O2. The maximum atomic E-state index is 11.8. The van der Waals surface area contributed by atoms with Gasteiger partial charge in [0.25, 0.3) is 11.7 Å². The Morgan fingerprint density at radius 2 is 2.17 bits per heavy atom. The number of aromatic amines is 1. The highest BCUT2D eigenvalue weighted by Crippen LogP contribution is 2.29. The van der Waals surface area contributed by atoms with E-state index < -0.39 is 5.91 Å². The van der Waals surface area contributed by atoms with E-state index in [2.05, 4.69) is 25.9 Å². The van der Waals surface area contributed by atoms with E-state index in [1.807, 2.05) is 26.0 Å². The SMILES string of the molecule is COc1c(C)ccc(NC(=O)c2nn[nH]n2)c1C. The van der Waals surface area contributed by atoms with E-state index >= 15 is 0 Å². The molecule has 0 fully saturated rings. The number of hydrogen-bond acceptors (Lipinski definition) is 5. The number of H-pyrrole nitrogens is 1. The van der Waals surface area contributed by atoms with Gasteiger partial charge in [0.05, 0.1) is 7.11 Å². The molecule has 0 aliphatic heterocycles. The quantitative estimate of drug-likeness (QED) is 0.846. The molecule has 18 heavy (non-hydrogen) atoms. The second-order valence-corrected chi connectivity index (χ2v) is 3.78. The van der Waals surface area contributed by atoms with Gasteiger partial charge in [-0.1, -0.05) is 6.07 Å². The topological polar surface area (TPSA) is 92.8 Å². The van der Waals surface area contributed by atoms with Gasteiger partial charge in [-0.3, -0.25) is 4.79 Å². The Morgan fingerprint density at radius 3 is 2.78 bits per heavy atom. The average molecular weight is 247 g/mol. The van der Waals surface area contributed by atoms with Gasteiger partial charge in [0.1, 0.15) is 5.75 Å². The normalized spacial score (nSPS) is 10.2. The fraction of sp³-hybridized carbons (Fsp3) is 0.273. The number of aryl methyl sites for hydroxylation is 1. The molecule has 0 aliphatic rings. The number of carbonyl (C=O) groups excluding carboxylic acids is 1. The zero-order valence-corrected chi connectivity index (χ0v) is 10.3. The molecule has 0 saturated heterocycles. The summed E-state index contributed by atoms with van der Waals surface area (Å²) in [6.45, 7) is 3.81. The van der Waals surface area contributed by atoms with Crippen molar-refractivity contribution in [3.63, 3.8) is 0 Å². The van der Waals surface area contributed by atoms with Gasteiger partial charge in [-0.2, -0.15) is 5.21 Å². The van der Waals surface area contributed by atoms with E-state index in [0.29, 0.717) is 5.69 Å². The van der Waals surface area contributed by atoms with Crippen molar-refractivity contribution < 1.29 is 9.53 Å². The van der Waals surface area contributed by atoms with Gasteiger partial charge in [0, 0.05) is 11.3 Å². The number of tetrazole rings is 1. The highest BCUT2D eigenvalue weighted by molar-refractivity contribution is 6.02. The monoisotopic (exact) mass is 247 g/mol. The lowest BCUT2D eigenvalue weighted by Crippen LogP contribution is -2.15. The largest absolute Gasteiger partial charge is 0.496 e. The number of amides is 1. The smallest absolute Gasteiger partial charge is 0.297 e. The van der Waals surface area contributed by atoms with Crippen molar-refractivity contribution in [3.05, 3.63) is 29.1 Å². The zero-order chi connectivity index (χ0) is 13.1. The highest BCUT2D eigenvalue weighted by atomic mass is 16.5. The van der Waals surface area contributed by atoms with Crippen LogP contribution in [0.3, 0.4) is 0 Å². The lowest BCUT2D eigenvalue weighted by Gasteiger charge is -2.13. The first kappa shape index (κ1) is 12.0. The summed E-state index contributed by atoms with van der Waals surface area (Å²) in [4.78, 5) is 11.8. The van der Waals surface area contributed by atoms with E-state index in [-0.39, 0.29) is 5.82 Å². The molecule has 0 spiro atoms. The molecule has 94 valence electrons. The number of anilines is 1. The third-order valence-electron chi connectivity index (χ3n) is 2.60. The average Bonchev–Trinajstić information content (AvgIpc) is 2.87. The first-order valence-electron chi connectivity index (χ1n) is 5.32. The van der Waals surface area contributed by atoms with Crippen LogP contribution in [0.25, 0.3) is 0 Å². The molecule has 0 aliphatic carbocycles. The number of nitrogens with one attached hydrogen (secondary N) is 2. The lowest BCUT2D eigenvalue weighted by atomic mass is 10.1. The second-order valence-electron chi connectivity index (χ2n) is 3.78. The summed E-state index contributed by atoms with van der Waals surface area (Å²) in [5.41, 5.74) is 2.52. The van der Waals surface area contributed by atoms with Gasteiger partial charge in [0.15, 0.2) is 0 Å². The van der Waals surface area contributed by atoms with Crippen LogP contribution in [0.15, 0.2) is 12.1 Å². The molecule has 0 bridgehead atoms. The van der Waals surface area contributed by atoms with E-state index in [1.54, 1.807) is 7.11 Å².